The Morgan fingerprint density at radius 3 is 2.56 bits per heavy atom. The number of nitrogens with zero attached hydrogens (tertiary/aromatic N) is 1. The summed E-state index contributed by atoms with van der Waals surface area (Å²) < 4.78 is 5.82. The van der Waals surface area contributed by atoms with Crippen LogP contribution in [0.15, 0.2) is 47.6 Å². The summed E-state index contributed by atoms with van der Waals surface area (Å²) >= 11 is 0. The van der Waals surface area contributed by atoms with Gasteiger partial charge in [0.25, 0.3) is 5.69 Å². The third kappa shape index (κ3) is 3.53. The topological polar surface area (TPSA) is 86.5 Å². The number of rotatable bonds is 4. The summed E-state index contributed by atoms with van der Waals surface area (Å²) in [5.41, 5.74) is 2.69. The van der Waals surface area contributed by atoms with Crippen molar-refractivity contribution in [2.45, 2.75) is 71.8 Å². The Labute approximate surface area is 200 Å². The molecule has 6 atom stereocenters. The van der Waals surface area contributed by atoms with Crippen molar-refractivity contribution in [3.63, 3.8) is 0 Å². The zero-order valence-corrected chi connectivity index (χ0v) is 20.2. The summed E-state index contributed by atoms with van der Waals surface area (Å²) in [6.07, 6.45) is 11.2. The van der Waals surface area contributed by atoms with Gasteiger partial charge < -0.3 is 4.74 Å². The number of nitro groups is 1. The highest BCUT2D eigenvalue weighted by Crippen LogP contribution is 2.65. The van der Waals surface area contributed by atoms with Gasteiger partial charge in [-0.05, 0) is 85.7 Å². The lowest BCUT2D eigenvalue weighted by Crippen LogP contribution is -2.50. The van der Waals surface area contributed by atoms with Crippen molar-refractivity contribution in [3.05, 3.63) is 63.2 Å². The molecule has 4 aliphatic rings. The van der Waals surface area contributed by atoms with Gasteiger partial charge in [0.15, 0.2) is 5.78 Å². The normalized spacial score (nSPS) is 36.3. The van der Waals surface area contributed by atoms with Crippen LogP contribution in [0.3, 0.4) is 0 Å². The number of ether oxygens (including phenoxy) is 1. The van der Waals surface area contributed by atoms with Crippen LogP contribution in [-0.2, 0) is 9.53 Å². The first-order valence-electron chi connectivity index (χ1n) is 12.5. The van der Waals surface area contributed by atoms with E-state index in [9.17, 15) is 19.7 Å². The molecule has 0 heterocycles. The molecule has 4 aliphatic carbocycles. The second-order valence-corrected chi connectivity index (χ2v) is 11.2. The number of esters is 1. The molecule has 0 N–H and O–H groups in total. The lowest BCUT2D eigenvalue weighted by Gasteiger charge is -2.57. The fraction of sp³-hybridized carbons (Fsp3) is 0.571. The molecule has 6 heteroatoms. The Bertz CT molecular complexity index is 1120. The van der Waals surface area contributed by atoms with Gasteiger partial charge in [-0.1, -0.05) is 37.6 Å². The average Bonchev–Trinajstić information content (AvgIpc) is 3.17. The van der Waals surface area contributed by atoms with E-state index in [0.29, 0.717) is 17.8 Å². The van der Waals surface area contributed by atoms with Crippen molar-refractivity contribution in [1.82, 2.24) is 0 Å². The smallest absolute Gasteiger partial charge is 0.338 e. The number of Topliss-reactive ketones (excluding diaryl/α,β-unsaturated/α-hetero) is 1. The first-order valence-corrected chi connectivity index (χ1v) is 12.5. The van der Waals surface area contributed by atoms with Crippen LogP contribution in [0.4, 0.5) is 5.69 Å². The van der Waals surface area contributed by atoms with Gasteiger partial charge in [0.2, 0.25) is 0 Å². The molecule has 0 unspecified atom stereocenters. The Morgan fingerprint density at radius 1 is 1.06 bits per heavy atom. The van der Waals surface area contributed by atoms with Gasteiger partial charge in [0.1, 0.15) is 6.10 Å². The first-order chi connectivity index (χ1) is 16.1. The van der Waals surface area contributed by atoms with E-state index < -0.39 is 10.9 Å². The molecule has 0 spiro atoms. The highest BCUT2D eigenvalue weighted by Gasteiger charge is 2.57. The van der Waals surface area contributed by atoms with Crippen LogP contribution in [0.2, 0.25) is 0 Å². The van der Waals surface area contributed by atoms with Crippen molar-refractivity contribution in [2.75, 3.05) is 0 Å². The molecule has 0 amide bonds. The molecule has 0 bridgehead atoms. The number of non-ortho nitro benzene ring substituents is 1. The first kappa shape index (κ1) is 23.0. The van der Waals surface area contributed by atoms with Gasteiger partial charge in [-0.15, -0.1) is 0 Å². The van der Waals surface area contributed by atoms with Gasteiger partial charge in [-0.25, -0.2) is 4.79 Å². The fourth-order valence-corrected chi connectivity index (χ4v) is 7.81. The van der Waals surface area contributed by atoms with E-state index in [-0.39, 0.29) is 34.0 Å². The summed E-state index contributed by atoms with van der Waals surface area (Å²) in [7, 11) is 0. The summed E-state index contributed by atoms with van der Waals surface area (Å²) in [4.78, 5) is 35.5. The van der Waals surface area contributed by atoms with Crippen LogP contribution in [0.25, 0.3) is 0 Å². The van der Waals surface area contributed by atoms with Crippen LogP contribution >= 0.6 is 0 Å². The Kier molecular flexibility index (Phi) is 5.53. The third-order valence-electron chi connectivity index (χ3n) is 9.59. The monoisotopic (exact) mass is 463 g/mol. The molecule has 34 heavy (non-hydrogen) atoms. The van der Waals surface area contributed by atoms with Gasteiger partial charge in [0, 0.05) is 18.6 Å². The summed E-state index contributed by atoms with van der Waals surface area (Å²) in [5.74, 6) is 1.45. The number of nitro benzene ring substituents is 1. The van der Waals surface area contributed by atoms with Crippen LogP contribution in [-0.4, -0.2) is 22.8 Å². The van der Waals surface area contributed by atoms with E-state index >= 15 is 0 Å². The van der Waals surface area contributed by atoms with Crippen molar-refractivity contribution in [2.24, 2.45) is 28.6 Å². The number of benzene rings is 1. The number of carbonyl (C=O) groups is 2. The molecule has 6 nitrogen and oxygen atoms in total. The number of fused-ring (bicyclic) bond motifs is 5. The van der Waals surface area contributed by atoms with Gasteiger partial charge in [0.05, 0.1) is 10.5 Å². The fourth-order valence-electron chi connectivity index (χ4n) is 7.81. The molecule has 5 rings (SSSR count). The zero-order chi connectivity index (χ0) is 24.3. The van der Waals surface area contributed by atoms with E-state index in [0.717, 1.165) is 50.5 Å². The summed E-state index contributed by atoms with van der Waals surface area (Å²) in [6.45, 7) is 6.41. The number of allylic oxidation sites excluding steroid dienone is 3. The number of hydrogen-bond acceptors (Lipinski definition) is 5. The average molecular weight is 464 g/mol. The SMILES string of the molecule is CC(=O)C1=CC[C@H]2[C@@H]3CC=C4C[C@@H](OC(=O)c5cccc([N+](=O)[O-])c5)CC[C@]4(C)[C@H]3CC[C@]12C. The van der Waals surface area contributed by atoms with Crippen molar-refractivity contribution >= 4 is 17.4 Å². The molecule has 0 radical (unpaired) electrons. The van der Waals surface area contributed by atoms with Gasteiger partial charge in [-0.2, -0.15) is 0 Å². The lowest BCUT2D eigenvalue weighted by atomic mass is 9.47. The zero-order valence-electron chi connectivity index (χ0n) is 20.2. The minimum atomic E-state index is -0.500. The second-order valence-electron chi connectivity index (χ2n) is 11.2. The van der Waals surface area contributed by atoms with Crippen LogP contribution < -0.4 is 0 Å². The maximum absolute atomic E-state index is 12.7. The number of ketones is 1. The van der Waals surface area contributed by atoms with Crippen LogP contribution in [0.5, 0.6) is 0 Å². The molecular weight excluding hydrogens is 430 g/mol. The minimum absolute atomic E-state index is 0.0136. The molecule has 0 saturated heterocycles. The van der Waals surface area contributed by atoms with E-state index in [1.54, 1.807) is 13.0 Å². The highest BCUT2D eigenvalue weighted by molar-refractivity contribution is 5.95. The van der Waals surface area contributed by atoms with Gasteiger partial charge in [-0.3, -0.25) is 14.9 Å². The summed E-state index contributed by atoms with van der Waals surface area (Å²) in [5, 5.41) is 11.0. The second kappa shape index (κ2) is 8.17. The van der Waals surface area contributed by atoms with Gasteiger partial charge >= 0.3 is 5.97 Å². The number of carbonyl (C=O) groups excluding carboxylic acids is 2. The van der Waals surface area contributed by atoms with E-state index in [4.69, 9.17) is 4.74 Å². The molecule has 180 valence electrons. The number of hydrogen-bond donors (Lipinski definition) is 0. The summed E-state index contributed by atoms with van der Waals surface area (Å²) in [6, 6.07) is 5.74. The molecule has 0 aromatic heterocycles. The molecular formula is C28H33NO5. The molecule has 1 aromatic rings. The largest absolute Gasteiger partial charge is 0.458 e. The molecule has 0 aliphatic heterocycles. The van der Waals surface area contributed by atoms with E-state index in [1.165, 1.54) is 23.8 Å². The van der Waals surface area contributed by atoms with Crippen molar-refractivity contribution in [3.8, 4) is 0 Å². The Hall–Kier alpha value is -2.76. The maximum atomic E-state index is 12.7. The Balaban J connectivity index is 1.31. The quantitative estimate of drug-likeness (QED) is 0.229. The van der Waals surface area contributed by atoms with E-state index in [2.05, 4.69) is 26.0 Å². The Morgan fingerprint density at radius 2 is 1.82 bits per heavy atom. The molecule has 2 saturated carbocycles. The van der Waals surface area contributed by atoms with Crippen molar-refractivity contribution < 1.29 is 19.2 Å². The lowest BCUT2D eigenvalue weighted by molar-refractivity contribution is -0.384. The van der Waals surface area contributed by atoms with Crippen molar-refractivity contribution in [1.29, 1.82) is 0 Å². The highest BCUT2D eigenvalue weighted by atomic mass is 16.6. The van der Waals surface area contributed by atoms with E-state index in [1.807, 2.05) is 0 Å². The van der Waals surface area contributed by atoms with Crippen LogP contribution in [0, 0.1) is 38.7 Å². The standard InChI is InChI=1S/C28H33NO5/c1-17(30)23-9-10-24-22-8-7-19-16-21(11-13-27(19,2)25(22)12-14-28(23,24)3)34-26(31)18-5-4-6-20(15-18)29(32)33/h4-7,9,15,21-22,24-25H,8,10-14,16H2,1-3H3/t21-,22-,24-,25-,27-,28+/m0/s1. The van der Waals surface area contributed by atoms with Crippen LogP contribution in [0.1, 0.15) is 76.1 Å². The predicted molar refractivity (Wildman–Crippen MR) is 128 cm³/mol. The molecule has 2 fully saturated rings. The minimum Gasteiger partial charge on any atom is -0.458 e. The molecule has 1 aromatic carbocycles. The third-order valence-corrected chi connectivity index (χ3v) is 9.59. The maximum Gasteiger partial charge on any atom is 0.338 e. The predicted octanol–water partition coefficient (Wildman–Crippen LogP) is 6.21.